The fraction of sp³-hybridized carbons (Fsp3) is 0.481. The van der Waals surface area contributed by atoms with Crippen LogP contribution in [0.25, 0.3) is 0 Å². The van der Waals surface area contributed by atoms with Crippen LogP contribution >= 0.6 is 0 Å². The van der Waals surface area contributed by atoms with Gasteiger partial charge in [0.25, 0.3) is 0 Å². The minimum Gasteiger partial charge on any atom is -0.508 e. The lowest BCUT2D eigenvalue weighted by atomic mass is 9.70. The molecule has 0 unspecified atom stereocenters. The van der Waals surface area contributed by atoms with Gasteiger partial charge in [0.1, 0.15) is 17.0 Å². The normalized spacial score (nSPS) is 28.9. The SMILES string of the molecule is CC1(C(=O)O)CCC(c2ccc(O)cc2)CC1.NC1(C(=O)O)CCC(c2ccc(O)cc2)CC1. The molecule has 2 saturated carbocycles. The quantitative estimate of drug-likeness (QED) is 0.425. The molecule has 2 fully saturated rings. The van der Waals surface area contributed by atoms with Crippen LogP contribution in [-0.4, -0.2) is 37.9 Å². The average Bonchev–Trinajstić information content (AvgIpc) is 2.82. The number of phenols is 2. The molecule has 2 aliphatic rings. The molecular formula is C27H35NO6. The van der Waals surface area contributed by atoms with E-state index in [1.807, 2.05) is 31.2 Å². The Morgan fingerprint density at radius 2 is 1.06 bits per heavy atom. The smallest absolute Gasteiger partial charge is 0.323 e. The molecule has 2 aromatic rings. The Hall–Kier alpha value is -3.06. The highest BCUT2D eigenvalue weighted by Gasteiger charge is 2.39. The van der Waals surface area contributed by atoms with Gasteiger partial charge in [0.15, 0.2) is 0 Å². The molecule has 2 aromatic carbocycles. The summed E-state index contributed by atoms with van der Waals surface area (Å²) in [5, 5.41) is 36.6. The predicted octanol–water partition coefficient (Wildman–Crippen LogP) is 4.97. The van der Waals surface area contributed by atoms with Crippen molar-refractivity contribution in [3.05, 3.63) is 59.7 Å². The Balaban J connectivity index is 0.000000191. The van der Waals surface area contributed by atoms with Crippen LogP contribution in [0, 0.1) is 5.41 Å². The number of aliphatic carboxylic acids is 2. The van der Waals surface area contributed by atoms with Crippen molar-refractivity contribution in [3.63, 3.8) is 0 Å². The van der Waals surface area contributed by atoms with Crippen LogP contribution in [0.1, 0.15) is 81.3 Å². The first-order chi connectivity index (χ1) is 16.0. The van der Waals surface area contributed by atoms with Crippen LogP contribution in [0.5, 0.6) is 11.5 Å². The van der Waals surface area contributed by atoms with Gasteiger partial charge in [-0.05, 0) is 106 Å². The fourth-order valence-electron chi connectivity index (χ4n) is 4.98. The molecular weight excluding hydrogens is 434 g/mol. The lowest BCUT2D eigenvalue weighted by Crippen LogP contribution is -2.50. The van der Waals surface area contributed by atoms with E-state index in [2.05, 4.69) is 0 Å². The molecule has 0 amide bonds. The number of rotatable bonds is 4. The topological polar surface area (TPSA) is 141 Å². The summed E-state index contributed by atoms with van der Waals surface area (Å²) in [5.74, 6) is -0.263. The van der Waals surface area contributed by atoms with E-state index < -0.39 is 22.9 Å². The summed E-state index contributed by atoms with van der Waals surface area (Å²) in [6.07, 6.45) is 5.87. The van der Waals surface area contributed by atoms with Gasteiger partial charge in [0.2, 0.25) is 0 Å². The van der Waals surface area contributed by atoms with Gasteiger partial charge in [-0.3, -0.25) is 9.59 Å². The highest BCUT2D eigenvalue weighted by atomic mass is 16.4. The van der Waals surface area contributed by atoms with Crippen LogP contribution in [-0.2, 0) is 9.59 Å². The second-order valence-electron chi connectivity index (χ2n) is 10.1. The number of hydrogen-bond donors (Lipinski definition) is 5. The number of hydrogen-bond acceptors (Lipinski definition) is 5. The van der Waals surface area contributed by atoms with Gasteiger partial charge in [-0.15, -0.1) is 0 Å². The van der Waals surface area contributed by atoms with Crippen molar-refractivity contribution in [2.45, 2.75) is 75.7 Å². The lowest BCUT2D eigenvalue weighted by molar-refractivity contribution is -0.150. The van der Waals surface area contributed by atoms with Crippen molar-refractivity contribution in [3.8, 4) is 11.5 Å². The summed E-state index contributed by atoms with van der Waals surface area (Å²) in [6.45, 7) is 1.84. The summed E-state index contributed by atoms with van der Waals surface area (Å²) in [7, 11) is 0. The van der Waals surface area contributed by atoms with Gasteiger partial charge in [0.05, 0.1) is 5.41 Å². The van der Waals surface area contributed by atoms with Crippen molar-refractivity contribution < 1.29 is 30.0 Å². The number of phenolic OH excluding ortho intramolecular Hbond substituents is 2. The number of carboxylic acids is 2. The molecule has 184 valence electrons. The van der Waals surface area contributed by atoms with Crippen molar-refractivity contribution in [1.29, 1.82) is 0 Å². The Kier molecular flexibility index (Phi) is 7.87. The van der Waals surface area contributed by atoms with E-state index in [9.17, 15) is 19.8 Å². The van der Waals surface area contributed by atoms with Gasteiger partial charge in [-0.2, -0.15) is 0 Å². The van der Waals surface area contributed by atoms with E-state index >= 15 is 0 Å². The summed E-state index contributed by atoms with van der Waals surface area (Å²) >= 11 is 0. The molecule has 0 radical (unpaired) electrons. The van der Waals surface area contributed by atoms with Crippen LogP contribution in [0.2, 0.25) is 0 Å². The molecule has 0 bridgehead atoms. The average molecular weight is 470 g/mol. The first kappa shape index (κ1) is 25.6. The van der Waals surface area contributed by atoms with Crippen molar-refractivity contribution in [2.75, 3.05) is 0 Å². The van der Waals surface area contributed by atoms with Crippen LogP contribution in [0.3, 0.4) is 0 Å². The number of aromatic hydroxyl groups is 2. The summed E-state index contributed by atoms with van der Waals surface area (Å²) < 4.78 is 0. The molecule has 0 aliphatic heterocycles. The van der Waals surface area contributed by atoms with Gasteiger partial charge in [-0.1, -0.05) is 24.3 Å². The van der Waals surface area contributed by atoms with Gasteiger partial charge >= 0.3 is 11.9 Å². The van der Waals surface area contributed by atoms with Gasteiger partial charge in [-0.25, -0.2) is 0 Å². The zero-order chi connectivity index (χ0) is 24.9. The Morgan fingerprint density at radius 1 is 0.706 bits per heavy atom. The number of nitrogens with two attached hydrogens (primary N) is 1. The highest BCUT2D eigenvalue weighted by Crippen LogP contribution is 2.43. The highest BCUT2D eigenvalue weighted by molar-refractivity contribution is 5.78. The molecule has 4 rings (SSSR count). The molecule has 7 nitrogen and oxygen atoms in total. The standard InChI is InChI=1S/C14H18O3.C13H17NO3/c1-14(13(16)17)8-6-11(7-9-14)10-2-4-12(15)5-3-10;14-13(12(16)17)7-5-10(6-8-13)9-1-3-11(15)4-2-9/h2-5,11,15H,6-9H2,1H3,(H,16,17);1-4,10,15H,5-8,14H2,(H,16,17). The third-order valence-corrected chi connectivity index (χ3v) is 7.64. The largest absolute Gasteiger partial charge is 0.508 e. The van der Waals surface area contributed by atoms with Crippen LogP contribution in [0.4, 0.5) is 0 Å². The molecule has 34 heavy (non-hydrogen) atoms. The molecule has 0 spiro atoms. The minimum atomic E-state index is -1.05. The van der Waals surface area contributed by atoms with E-state index in [0.717, 1.165) is 44.1 Å². The van der Waals surface area contributed by atoms with Crippen molar-refractivity contribution in [2.24, 2.45) is 11.1 Å². The first-order valence-corrected chi connectivity index (χ1v) is 11.9. The van der Waals surface area contributed by atoms with E-state index in [1.54, 1.807) is 24.3 Å². The van der Waals surface area contributed by atoms with Crippen molar-refractivity contribution >= 4 is 11.9 Å². The number of benzene rings is 2. The maximum absolute atomic E-state index is 11.1. The summed E-state index contributed by atoms with van der Waals surface area (Å²) in [6, 6.07) is 14.4. The van der Waals surface area contributed by atoms with E-state index in [-0.39, 0.29) is 11.5 Å². The van der Waals surface area contributed by atoms with E-state index in [0.29, 0.717) is 24.7 Å². The fourth-order valence-corrected chi connectivity index (χ4v) is 4.98. The Morgan fingerprint density at radius 3 is 1.38 bits per heavy atom. The molecule has 2 aliphatic carbocycles. The summed E-state index contributed by atoms with van der Waals surface area (Å²) in [4.78, 5) is 22.1. The molecule has 0 heterocycles. The third-order valence-electron chi connectivity index (χ3n) is 7.64. The minimum absolute atomic E-state index is 0.253. The maximum atomic E-state index is 11.1. The third kappa shape index (κ3) is 6.08. The predicted molar refractivity (Wildman–Crippen MR) is 129 cm³/mol. The summed E-state index contributed by atoms with van der Waals surface area (Å²) in [5.41, 5.74) is 6.58. The van der Waals surface area contributed by atoms with Crippen LogP contribution < -0.4 is 5.73 Å². The van der Waals surface area contributed by atoms with Gasteiger partial charge in [0, 0.05) is 0 Å². The monoisotopic (exact) mass is 469 g/mol. The number of carbonyl (C=O) groups is 2. The molecule has 6 N–H and O–H groups in total. The second kappa shape index (κ2) is 10.5. The molecule has 0 atom stereocenters. The van der Waals surface area contributed by atoms with Gasteiger partial charge < -0.3 is 26.2 Å². The molecule has 7 heteroatoms. The molecule has 0 aromatic heterocycles. The Labute approximate surface area is 200 Å². The number of carboxylic acid groups (broad SMARTS) is 2. The maximum Gasteiger partial charge on any atom is 0.323 e. The lowest BCUT2D eigenvalue weighted by Gasteiger charge is -2.34. The van der Waals surface area contributed by atoms with Crippen molar-refractivity contribution in [1.82, 2.24) is 0 Å². The first-order valence-electron chi connectivity index (χ1n) is 11.9. The zero-order valence-electron chi connectivity index (χ0n) is 19.6. The van der Waals surface area contributed by atoms with E-state index in [4.69, 9.17) is 15.9 Å². The van der Waals surface area contributed by atoms with Crippen LogP contribution in [0.15, 0.2) is 48.5 Å². The Bertz CT molecular complexity index is 888. The van der Waals surface area contributed by atoms with E-state index in [1.165, 1.54) is 5.56 Å². The second-order valence-corrected chi connectivity index (χ2v) is 10.1. The molecule has 0 saturated heterocycles. The zero-order valence-corrected chi connectivity index (χ0v) is 19.6.